The highest BCUT2D eigenvalue weighted by molar-refractivity contribution is 5.97. The zero-order valence-electron chi connectivity index (χ0n) is 38.7. The minimum Gasteiger partial charge on any atom is -0.436 e. The molecule has 0 radical (unpaired) electrons. The van der Waals surface area contributed by atoms with Gasteiger partial charge in [-0.15, -0.1) is 0 Å². The van der Waals surface area contributed by atoms with Gasteiger partial charge in [-0.1, -0.05) is 200 Å². The fraction of sp³-hybridized carbons (Fsp3) is 0.0147. The second kappa shape index (κ2) is 16.4. The molecule has 0 amide bonds. The van der Waals surface area contributed by atoms with E-state index in [0.717, 1.165) is 50.4 Å². The first-order valence-corrected chi connectivity index (χ1v) is 24.4. The van der Waals surface area contributed by atoms with E-state index in [1.807, 2.05) is 24.3 Å². The molecule has 14 rings (SSSR count). The summed E-state index contributed by atoms with van der Waals surface area (Å²) in [6, 6.07) is 96.8. The summed E-state index contributed by atoms with van der Waals surface area (Å²) in [5.74, 6) is 0.625. The third-order valence-electron chi connectivity index (χ3n) is 14.8. The molecule has 0 saturated heterocycles. The van der Waals surface area contributed by atoms with Crippen LogP contribution in [-0.4, -0.2) is 4.98 Å². The molecular weight excluding hydrogens is 861 g/mol. The van der Waals surface area contributed by atoms with Crippen molar-refractivity contribution in [3.8, 4) is 78.2 Å². The Labute approximate surface area is 413 Å². The van der Waals surface area contributed by atoms with Gasteiger partial charge in [-0.3, -0.25) is 0 Å². The average molecular weight is 905 g/mol. The molecule has 332 valence electrons. The molecule has 2 aliphatic carbocycles. The van der Waals surface area contributed by atoms with E-state index in [4.69, 9.17) is 9.40 Å². The summed E-state index contributed by atoms with van der Waals surface area (Å²) < 4.78 is 6.09. The maximum Gasteiger partial charge on any atom is 0.227 e. The first kappa shape index (κ1) is 40.7. The summed E-state index contributed by atoms with van der Waals surface area (Å²) >= 11 is 0. The fourth-order valence-corrected chi connectivity index (χ4v) is 11.6. The molecule has 12 aromatic rings. The van der Waals surface area contributed by atoms with Gasteiger partial charge >= 0.3 is 0 Å². The Morgan fingerprint density at radius 1 is 0.282 bits per heavy atom. The lowest BCUT2D eigenvalue weighted by atomic mass is 9.70. The zero-order valence-corrected chi connectivity index (χ0v) is 38.7. The molecule has 0 aliphatic heterocycles. The van der Waals surface area contributed by atoms with Crippen LogP contribution >= 0.6 is 0 Å². The largest absolute Gasteiger partial charge is 0.436 e. The third kappa shape index (κ3) is 6.47. The van der Waals surface area contributed by atoms with Crippen molar-refractivity contribution in [2.45, 2.75) is 5.41 Å². The number of oxazole rings is 1. The zero-order chi connectivity index (χ0) is 46.9. The predicted octanol–water partition coefficient (Wildman–Crippen LogP) is 18.0. The topological polar surface area (TPSA) is 29.3 Å². The molecule has 3 nitrogen and oxygen atoms in total. The number of aromatic nitrogens is 1. The molecule has 3 heteroatoms. The van der Waals surface area contributed by atoms with Crippen LogP contribution in [0.2, 0.25) is 0 Å². The fourth-order valence-electron chi connectivity index (χ4n) is 11.6. The Morgan fingerprint density at radius 3 is 1.23 bits per heavy atom. The first-order chi connectivity index (χ1) is 35.2. The Hall–Kier alpha value is -9.31. The maximum absolute atomic E-state index is 6.09. The van der Waals surface area contributed by atoms with Gasteiger partial charge in [0.15, 0.2) is 5.58 Å². The van der Waals surface area contributed by atoms with Crippen LogP contribution in [-0.2, 0) is 5.41 Å². The van der Waals surface area contributed by atoms with Gasteiger partial charge in [0.1, 0.15) is 5.52 Å². The second-order valence-electron chi connectivity index (χ2n) is 18.6. The lowest BCUT2D eigenvalue weighted by molar-refractivity contribution is 0.620. The second-order valence-corrected chi connectivity index (χ2v) is 18.6. The number of benzene rings is 11. The molecule has 0 N–H and O–H groups in total. The van der Waals surface area contributed by atoms with Gasteiger partial charge in [0, 0.05) is 22.6 Å². The van der Waals surface area contributed by atoms with Crippen LogP contribution in [0, 0.1) is 0 Å². The van der Waals surface area contributed by atoms with E-state index in [1.165, 1.54) is 72.3 Å². The van der Waals surface area contributed by atoms with Gasteiger partial charge in [0.25, 0.3) is 0 Å². The predicted molar refractivity (Wildman–Crippen MR) is 292 cm³/mol. The van der Waals surface area contributed by atoms with Crippen LogP contribution in [0.15, 0.2) is 271 Å². The van der Waals surface area contributed by atoms with Crippen LogP contribution in [0.5, 0.6) is 0 Å². The highest BCUT2D eigenvalue weighted by Crippen LogP contribution is 2.63. The number of para-hydroxylation sites is 3. The summed E-state index contributed by atoms with van der Waals surface area (Å²) in [4.78, 5) is 7.08. The molecule has 1 aromatic heterocycles. The Kier molecular flexibility index (Phi) is 9.43. The normalized spacial score (nSPS) is 12.6. The molecule has 0 fully saturated rings. The average Bonchev–Trinajstić information content (AvgIpc) is 4.12. The van der Waals surface area contributed by atoms with E-state index in [-0.39, 0.29) is 5.41 Å². The summed E-state index contributed by atoms with van der Waals surface area (Å²) in [6.45, 7) is 0. The molecule has 1 heterocycles. The van der Waals surface area contributed by atoms with Crippen molar-refractivity contribution in [3.63, 3.8) is 0 Å². The molecular formula is C68H44N2O. The Balaban J connectivity index is 0.795. The molecule has 2 aliphatic rings. The highest BCUT2D eigenvalue weighted by atomic mass is 16.3. The van der Waals surface area contributed by atoms with Gasteiger partial charge < -0.3 is 9.32 Å². The van der Waals surface area contributed by atoms with E-state index >= 15 is 0 Å². The molecule has 0 atom stereocenters. The van der Waals surface area contributed by atoms with Crippen molar-refractivity contribution in [2.24, 2.45) is 0 Å². The molecule has 0 saturated carbocycles. The maximum atomic E-state index is 6.09. The standard InChI is InChI=1S/C68H44N2O/c1-2-16-50(17-3-1)70(51-39-34-45(35-40-51)49-38-43-60-59-24-10-13-27-63(59)68(64(60)44-49)61-25-11-8-22-57(61)58-23-9-12-26-62(58)68)52-41-36-47(37-42-52)54-19-5-7-21-56(54)55-20-6-4-18-53(55)46-30-32-48(33-31-46)67-69-65-28-14-15-29-66(65)71-67/h1-44H. The number of nitrogens with zero attached hydrogens (tertiary/aromatic N) is 2. The molecule has 0 bridgehead atoms. The van der Waals surface area contributed by atoms with Gasteiger partial charge in [-0.2, -0.15) is 0 Å². The quantitative estimate of drug-likeness (QED) is 0.152. The first-order valence-electron chi connectivity index (χ1n) is 24.4. The number of hydrogen-bond donors (Lipinski definition) is 0. The van der Waals surface area contributed by atoms with E-state index in [9.17, 15) is 0 Å². The van der Waals surface area contributed by atoms with Crippen LogP contribution in [0.3, 0.4) is 0 Å². The molecule has 71 heavy (non-hydrogen) atoms. The van der Waals surface area contributed by atoms with E-state index in [0.29, 0.717) is 5.89 Å². The number of anilines is 3. The summed E-state index contributed by atoms with van der Waals surface area (Å²) in [5.41, 5.74) is 25.5. The minimum atomic E-state index is -0.378. The van der Waals surface area contributed by atoms with Crippen molar-refractivity contribution >= 4 is 28.2 Å². The van der Waals surface area contributed by atoms with Crippen LogP contribution in [0.25, 0.3) is 89.3 Å². The highest BCUT2D eigenvalue weighted by Gasteiger charge is 2.51. The SMILES string of the molecule is c1ccc(N(c2ccc(-c3ccc4c(c3)C3(c5ccccc5-c5ccccc53)c3ccccc3-4)cc2)c2ccc(-c3ccccc3-c3ccccc3-c3ccc(-c4nc5ccccc5o4)cc3)cc2)cc1. The molecule has 0 unspecified atom stereocenters. The minimum absolute atomic E-state index is 0.378. The lowest BCUT2D eigenvalue weighted by Crippen LogP contribution is -2.25. The Bertz CT molecular complexity index is 3880. The number of fused-ring (bicyclic) bond motifs is 11. The van der Waals surface area contributed by atoms with Crippen molar-refractivity contribution in [1.29, 1.82) is 0 Å². The molecule has 1 spiro atoms. The van der Waals surface area contributed by atoms with Crippen molar-refractivity contribution < 1.29 is 4.42 Å². The van der Waals surface area contributed by atoms with E-state index in [2.05, 4.69) is 248 Å². The van der Waals surface area contributed by atoms with Gasteiger partial charge in [0.05, 0.1) is 5.41 Å². The van der Waals surface area contributed by atoms with Crippen molar-refractivity contribution in [1.82, 2.24) is 4.98 Å². The number of rotatable bonds is 8. The van der Waals surface area contributed by atoms with Crippen molar-refractivity contribution in [2.75, 3.05) is 4.90 Å². The smallest absolute Gasteiger partial charge is 0.227 e. The Morgan fingerprint density at radius 2 is 0.676 bits per heavy atom. The van der Waals surface area contributed by atoms with Crippen LogP contribution in [0.4, 0.5) is 17.1 Å². The summed E-state index contributed by atoms with van der Waals surface area (Å²) in [5, 5.41) is 0. The summed E-state index contributed by atoms with van der Waals surface area (Å²) in [7, 11) is 0. The van der Waals surface area contributed by atoms with Crippen LogP contribution in [0.1, 0.15) is 22.3 Å². The third-order valence-corrected chi connectivity index (χ3v) is 14.8. The van der Waals surface area contributed by atoms with E-state index in [1.54, 1.807) is 0 Å². The van der Waals surface area contributed by atoms with Gasteiger partial charge in [-0.25, -0.2) is 4.98 Å². The molecule has 11 aromatic carbocycles. The van der Waals surface area contributed by atoms with Crippen LogP contribution < -0.4 is 4.90 Å². The van der Waals surface area contributed by atoms with Gasteiger partial charge in [0.2, 0.25) is 5.89 Å². The van der Waals surface area contributed by atoms with Gasteiger partial charge in [-0.05, 0) is 156 Å². The lowest BCUT2D eigenvalue weighted by Gasteiger charge is -2.30. The monoisotopic (exact) mass is 904 g/mol. The number of hydrogen-bond acceptors (Lipinski definition) is 3. The van der Waals surface area contributed by atoms with E-state index < -0.39 is 0 Å². The summed E-state index contributed by atoms with van der Waals surface area (Å²) in [6.07, 6.45) is 0. The van der Waals surface area contributed by atoms with Crippen molar-refractivity contribution in [3.05, 3.63) is 289 Å².